The number of carbonyl (C=O) groups excluding carboxylic acids is 2. The predicted molar refractivity (Wildman–Crippen MR) is 125 cm³/mol. The van der Waals surface area contributed by atoms with Gasteiger partial charge in [-0.05, 0) is 55.7 Å². The number of methoxy groups -OCH3 is 1. The van der Waals surface area contributed by atoms with Crippen LogP contribution < -0.4 is 9.47 Å². The Bertz CT molecular complexity index is 1280. The van der Waals surface area contributed by atoms with Crippen LogP contribution in [0.5, 0.6) is 11.5 Å². The highest BCUT2D eigenvalue weighted by atomic mass is 16.5. The maximum atomic E-state index is 13.7. The first-order valence-electron chi connectivity index (χ1n) is 11.0. The van der Waals surface area contributed by atoms with Crippen molar-refractivity contribution >= 4 is 28.9 Å². The van der Waals surface area contributed by atoms with E-state index in [-0.39, 0.29) is 18.4 Å². The van der Waals surface area contributed by atoms with Crippen molar-refractivity contribution in [2.24, 2.45) is 5.10 Å². The van der Waals surface area contributed by atoms with Crippen LogP contribution in [0.4, 0.5) is 0 Å². The highest BCUT2D eigenvalue weighted by Gasteiger charge is 2.54. The maximum absolute atomic E-state index is 13.7. The lowest BCUT2D eigenvalue weighted by molar-refractivity contribution is -0.165. The van der Waals surface area contributed by atoms with Gasteiger partial charge < -0.3 is 19.4 Å². The summed E-state index contributed by atoms with van der Waals surface area (Å²) in [7, 11) is 1.57. The number of nitrogens with zero attached hydrogens (tertiary/aromatic N) is 3. The van der Waals surface area contributed by atoms with Gasteiger partial charge in [-0.2, -0.15) is 5.10 Å². The highest BCUT2D eigenvalue weighted by molar-refractivity contribution is 6.01. The van der Waals surface area contributed by atoms with Crippen molar-refractivity contribution in [2.45, 2.75) is 25.8 Å². The molecule has 1 saturated heterocycles. The van der Waals surface area contributed by atoms with E-state index in [4.69, 9.17) is 9.47 Å². The standard InChI is InChI=1S/C25H26N4O4/c1-4-33-20-10-9-16(13-21(20)32-3)14-26-29-15-22(30)28-12-11-18-17-7-5-6-8-19(17)27-23(18)25(28,2)24(29)31/h5-10,13-14,27H,4,11-12,15H2,1-3H3/b26-14-/t25-/m1/s1. The molecule has 2 amide bonds. The minimum atomic E-state index is -1.13. The van der Waals surface area contributed by atoms with Crippen molar-refractivity contribution in [3.05, 3.63) is 59.3 Å². The molecule has 0 saturated carbocycles. The van der Waals surface area contributed by atoms with E-state index >= 15 is 0 Å². The van der Waals surface area contributed by atoms with Crippen molar-refractivity contribution in [2.75, 3.05) is 26.8 Å². The van der Waals surface area contributed by atoms with Crippen LogP contribution >= 0.6 is 0 Å². The Labute approximate surface area is 191 Å². The number of nitrogens with one attached hydrogen (secondary N) is 1. The molecule has 0 unspecified atom stereocenters. The van der Waals surface area contributed by atoms with E-state index in [1.54, 1.807) is 30.4 Å². The lowest BCUT2D eigenvalue weighted by Crippen LogP contribution is -2.65. The fourth-order valence-corrected chi connectivity index (χ4v) is 4.86. The molecule has 0 spiro atoms. The average Bonchev–Trinajstić information content (AvgIpc) is 3.21. The Hall–Kier alpha value is -3.81. The first-order chi connectivity index (χ1) is 16.0. The number of fused-ring (bicyclic) bond motifs is 5. The Morgan fingerprint density at radius 1 is 1.18 bits per heavy atom. The van der Waals surface area contributed by atoms with Crippen molar-refractivity contribution in [1.82, 2.24) is 14.9 Å². The van der Waals surface area contributed by atoms with Crippen LogP contribution in [-0.4, -0.2) is 59.7 Å². The van der Waals surface area contributed by atoms with Gasteiger partial charge in [0.2, 0.25) is 5.91 Å². The van der Waals surface area contributed by atoms with E-state index in [0.29, 0.717) is 31.1 Å². The molecule has 8 nitrogen and oxygen atoms in total. The van der Waals surface area contributed by atoms with Crippen LogP contribution in [0.15, 0.2) is 47.6 Å². The number of hydrazone groups is 1. The fraction of sp³-hybridized carbons (Fsp3) is 0.320. The van der Waals surface area contributed by atoms with Crippen LogP contribution in [0.3, 0.4) is 0 Å². The monoisotopic (exact) mass is 446 g/mol. The Kier molecular flexibility index (Phi) is 5.08. The Morgan fingerprint density at radius 3 is 2.79 bits per heavy atom. The largest absolute Gasteiger partial charge is 0.493 e. The van der Waals surface area contributed by atoms with Crippen LogP contribution in [0.1, 0.15) is 30.7 Å². The zero-order valence-corrected chi connectivity index (χ0v) is 18.9. The zero-order chi connectivity index (χ0) is 23.2. The molecular weight excluding hydrogens is 420 g/mol. The number of ether oxygens (including phenoxy) is 2. The summed E-state index contributed by atoms with van der Waals surface area (Å²) in [5, 5.41) is 6.76. The SMILES string of the molecule is CCOc1ccc(/C=N\N2CC(=O)N3CCc4c([nH]c5ccccc45)[C@]3(C)C2=O)cc1OC. The molecule has 2 aromatic carbocycles. The predicted octanol–water partition coefficient (Wildman–Crippen LogP) is 3.05. The number of hydrogen-bond acceptors (Lipinski definition) is 5. The van der Waals surface area contributed by atoms with Crippen LogP contribution in [0.25, 0.3) is 10.9 Å². The molecule has 5 rings (SSSR count). The summed E-state index contributed by atoms with van der Waals surface area (Å²) in [6.07, 6.45) is 2.28. The molecule has 0 bridgehead atoms. The third kappa shape index (κ3) is 3.25. The normalized spacial score (nSPS) is 20.3. The molecule has 8 heteroatoms. The van der Waals surface area contributed by atoms with Gasteiger partial charge in [0.25, 0.3) is 5.91 Å². The van der Waals surface area contributed by atoms with Crippen LogP contribution in [-0.2, 0) is 21.5 Å². The summed E-state index contributed by atoms with van der Waals surface area (Å²) in [4.78, 5) is 31.8. The van der Waals surface area contributed by atoms with Gasteiger partial charge in [0, 0.05) is 17.4 Å². The molecule has 1 N–H and O–H groups in total. The Morgan fingerprint density at radius 2 is 2.00 bits per heavy atom. The first-order valence-corrected chi connectivity index (χ1v) is 11.0. The molecule has 0 aliphatic carbocycles. The smallest absolute Gasteiger partial charge is 0.275 e. The van der Waals surface area contributed by atoms with E-state index in [1.807, 2.05) is 44.2 Å². The number of aromatic amines is 1. The Balaban J connectivity index is 1.49. The number of carbonyl (C=O) groups is 2. The number of piperazine rings is 1. The molecule has 1 atom stereocenters. The molecule has 2 aliphatic heterocycles. The van der Waals surface area contributed by atoms with Crippen molar-refractivity contribution in [3.8, 4) is 11.5 Å². The van der Waals surface area contributed by atoms with Gasteiger partial charge in [-0.15, -0.1) is 0 Å². The molecule has 170 valence electrons. The quantitative estimate of drug-likeness (QED) is 0.611. The molecule has 1 aromatic heterocycles. The highest BCUT2D eigenvalue weighted by Crippen LogP contribution is 2.42. The second-order valence-corrected chi connectivity index (χ2v) is 8.34. The van der Waals surface area contributed by atoms with Crippen molar-refractivity contribution in [3.63, 3.8) is 0 Å². The first kappa shape index (κ1) is 21.1. The molecule has 0 radical (unpaired) electrons. The van der Waals surface area contributed by atoms with E-state index in [2.05, 4.69) is 10.1 Å². The second kappa shape index (κ2) is 7.95. The summed E-state index contributed by atoms with van der Waals surface area (Å²) in [6.45, 7) is 4.65. The van der Waals surface area contributed by atoms with Gasteiger partial charge in [0.15, 0.2) is 17.0 Å². The minimum absolute atomic E-state index is 0.0886. The van der Waals surface area contributed by atoms with Gasteiger partial charge in [-0.25, -0.2) is 5.01 Å². The van der Waals surface area contributed by atoms with E-state index in [0.717, 1.165) is 27.7 Å². The third-order valence-electron chi connectivity index (χ3n) is 6.50. The van der Waals surface area contributed by atoms with Gasteiger partial charge >= 0.3 is 0 Å². The van der Waals surface area contributed by atoms with Crippen LogP contribution in [0.2, 0.25) is 0 Å². The maximum Gasteiger partial charge on any atom is 0.275 e. The number of benzene rings is 2. The molecule has 1 fully saturated rings. The van der Waals surface area contributed by atoms with Crippen LogP contribution in [0, 0.1) is 0 Å². The summed E-state index contributed by atoms with van der Waals surface area (Å²) >= 11 is 0. The average molecular weight is 447 g/mol. The van der Waals surface area contributed by atoms with Gasteiger partial charge in [0.1, 0.15) is 6.54 Å². The molecule has 33 heavy (non-hydrogen) atoms. The summed E-state index contributed by atoms with van der Waals surface area (Å²) < 4.78 is 10.9. The second-order valence-electron chi connectivity index (χ2n) is 8.34. The lowest BCUT2D eigenvalue weighted by atomic mass is 9.83. The number of amides is 2. The van der Waals surface area contributed by atoms with Crippen molar-refractivity contribution in [1.29, 1.82) is 0 Å². The third-order valence-corrected chi connectivity index (χ3v) is 6.50. The van der Waals surface area contributed by atoms with Gasteiger partial charge in [-0.3, -0.25) is 9.59 Å². The van der Waals surface area contributed by atoms with E-state index in [1.165, 1.54) is 5.01 Å². The summed E-state index contributed by atoms with van der Waals surface area (Å²) in [6, 6.07) is 13.4. The molecule has 3 aromatic rings. The van der Waals surface area contributed by atoms with Gasteiger partial charge in [-0.1, -0.05) is 18.2 Å². The number of H-pyrrole nitrogens is 1. The molecule has 2 aliphatic rings. The van der Waals surface area contributed by atoms with E-state index < -0.39 is 5.54 Å². The minimum Gasteiger partial charge on any atom is -0.493 e. The fourth-order valence-electron chi connectivity index (χ4n) is 4.86. The topological polar surface area (TPSA) is 87.2 Å². The zero-order valence-electron chi connectivity index (χ0n) is 18.9. The van der Waals surface area contributed by atoms with E-state index in [9.17, 15) is 9.59 Å². The van der Waals surface area contributed by atoms with Crippen molar-refractivity contribution < 1.29 is 19.1 Å². The summed E-state index contributed by atoms with van der Waals surface area (Å²) in [5.74, 6) is 0.861. The van der Waals surface area contributed by atoms with Gasteiger partial charge in [0.05, 0.1) is 25.6 Å². The number of rotatable bonds is 5. The summed E-state index contributed by atoms with van der Waals surface area (Å²) in [5.41, 5.74) is 2.44. The molecule has 3 heterocycles. The number of hydrogen-bond donors (Lipinski definition) is 1. The number of aromatic nitrogens is 1. The lowest BCUT2D eigenvalue weighted by Gasteiger charge is -2.48. The molecular formula is C25H26N4O4. The number of para-hydroxylation sites is 1.